The summed E-state index contributed by atoms with van der Waals surface area (Å²) in [4.78, 5) is 16.5. The molecule has 0 saturated carbocycles. The number of imidazole rings is 1. The second-order valence-electron chi connectivity index (χ2n) is 5.30. The maximum atomic E-state index is 12.2. The number of nitrogens with one attached hydrogen (secondary N) is 2. The number of pyridine rings is 1. The van der Waals surface area contributed by atoms with Gasteiger partial charge in [0.15, 0.2) is 0 Å². The van der Waals surface area contributed by atoms with E-state index in [-0.39, 0.29) is 5.91 Å². The molecule has 0 aliphatic rings. The fourth-order valence-electron chi connectivity index (χ4n) is 2.50. The van der Waals surface area contributed by atoms with Crippen molar-refractivity contribution in [2.75, 3.05) is 18.4 Å². The quantitative estimate of drug-likeness (QED) is 0.549. The van der Waals surface area contributed by atoms with Crippen LogP contribution >= 0.6 is 11.5 Å². The predicted octanol–water partition coefficient (Wildman–Crippen LogP) is 2.79. The van der Waals surface area contributed by atoms with E-state index in [0.717, 1.165) is 21.6 Å². The Balaban J connectivity index is 1.34. The van der Waals surface area contributed by atoms with Crippen LogP contribution in [-0.2, 0) is 0 Å². The Morgan fingerprint density at radius 1 is 1.12 bits per heavy atom. The van der Waals surface area contributed by atoms with E-state index in [1.165, 1.54) is 11.5 Å². The summed E-state index contributed by atoms with van der Waals surface area (Å²) in [6, 6.07) is 13.7. The fourth-order valence-corrected chi connectivity index (χ4v) is 3.26. The van der Waals surface area contributed by atoms with Crippen molar-refractivity contribution in [3.05, 3.63) is 60.6 Å². The Morgan fingerprint density at radius 2 is 2.00 bits per heavy atom. The van der Waals surface area contributed by atoms with Crippen LogP contribution in [-0.4, -0.2) is 32.8 Å². The molecule has 0 spiro atoms. The molecule has 0 saturated heterocycles. The number of benzene rings is 1. The number of carbonyl (C=O) groups is 1. The van der Waals surface area contributed by atoms with Gasteiger partial charge in [-0.25, -0.2) is 4.98 Å². The first kappa shape index (κ1) is 14.6. The average Bonchev–Trinajstić information content (AvgIpc) is 3.23. The third-order valence-electron chi connectivity index (χ3n) is 3.68. The number of carbonyl (C=O) groups excluding carboxylic acids is 1. The molecule has 7 heteroatoms. The molecule has 0 aliphatic carbocycles. The highest BCUT2D eigenvalue weighted by atomic mass is 32.1. The molecule has 0 unspecified atom stereocenters. The molecule has 4 rings (SSSR count). The van der Waals surface area contributed by atoms with Gasteiger partial charge in [-0.05, 0) is 35.8 Å². The van der Waals surface area contributed by atoms with Crippen LogP contribution in [0.3, 0.4) is 0 Å². The van der Waals surface area contributed by atoms with Crippen LogP contribution in [0.2, 0.25) is 0 Å². The Kier molecular flexibility index (Phi) is 3.84. The Labute approximate surface area is 142 Å². The zero-order chi connectivity index (χ0) is 16.4. The summed E-state index contributed by atoms with van der Waals surface area (Å²) in [7, 11) is 0. The molecule has 1 amide bonds. The van der Waals surface area contributed by atoms with E-state index < -0.39 is 0 Å². The van der Waals surface area contributed by atoms with E-state index in [0.29, 0.717) is 18.8 Å². The molecule has 0 fully saturated rings. The molecule has 1 aromatic carbocycles. The van der Waals surface area contributed by atoms with Crippen molar-refractivity contribution in [1.82, 2.24) is 19.1 Å². The summed E-state index contributed by atoms with van der Waals surface area (Å²) in [5.41, 5.74) is 1.18. The van der Waals surface area contributed by atoms with Gasteiger partial charge in [0, 0.05) is 30.9 Å². The predicted molar refractivity (Wildman–Crippen MR) is 95.6 cm³/mol. The van der Waals surface area contributed by atoms with Gasteiger partial charge >= 0.3 is 0 Å². The molecule has 0 aliphatic heterocycles. The maximum Gasteiger partial charge on any atom is 0.271 e. The minimum Gasteiger partial charge on any atom is -0.367 e. The molecule has 2 N–H and O–H groups in total. The van der Waals surface area contributed by atoms with Crippen molar-refractivity contribution < 1.29 is 4.79 Å². The van der Waals surface area contributed by atoms with Gasteiger partial charge in [0.1, 0.15) is 17.2 Å². The highest BCUT2D eigenvalue weighted by molar-refractivity contribution is 7.13. The van der Waals surface area contributed by atoms with Gasteiger partial charge in [-0.15, -0.1) is 0 Å². The second kappa shape index (κ2) is 6.29. The van der Waals surface area contributed by atoms with Crippen LogP contribution in [0.15, 0.2) is 54.9 Å². The van der Waals surface area contributed by atoms with Crippen molar-refractivity contribution in [2.24, 2.45) is 0 Å². The SMILES string of the molecule is O=C(NCCNc1nsc2ccccc12)c1cn2ccccc2n1. The van der Waals surface area contributed by atoms with Crippen LogP contribution in [0, 0.1) is 0 Å². The van der Waals surface area contributed by atoms with Gasteiger partial charge in [0.05, 0.1) is 4.70 Å². The summed E-state index contributed by atoms with van der Waals surface area (Å²) in [5, 5.41) is 7.23. The molecule has 120 valence electrons. The largest absolute Gasteiger partial charge is 0.367 e. The third-order valence-corrected chi connectivity index (χ3v) is 4.50. The number of nitrogens with zero attached hydrogens (tertiary/aromatic N) is 3. The monoisotopic (exact) mass is 337 g/mol. The molecule has 0 atom stereocenters. The van der Waals surface area contributed by atoms with Crippen LogP contribution < -0.4 is 10.6 Å². The normalized spacial score (nSPS) is 11.0. The van der Waals surface area contributed by atoms with Crippen LogP contribution in [0.4, 0.5) is 5.82 Å². The average molecular weight is 337 g/mol. The molecule has 6 nitrogen and oxygen atoms in total. The standard InChI is InChI=1S/C17H15N5OS/c23-17(13-11-22-10-4-3-7-15(22)20-13)19-9-8-18-16-12-5-1-2-6-14(12)24-21-16/h1-7,10-11H,8-9H2,(H,18,21)(H,19,23). The van der Waals surface area contributed by atoms with Crippen LogP contribution in [0.25, 0.3) is 15.7 Å². The zero-order valence-corrected chi connectivity index (χ0v) is 13.6. The van der Waals surface area contributed by atoms with Crippen LogP contribution in [0.5, 0.6) is 0 Å². The fraction of sp³-hybridized carbons (Fsp3) is 0.118. The van der Waals surface area contributed by atoms with Crippen molar-refractivity contribution >= 4 is 39.0 Å². The molecule has 0 radical (unpaired) electrons. The van der Waals surface area contributed by atoms with Gasteiger partial charge in [-0.1, -0.05) is 18.2 Å². The van der Waals surface area contributed by atoms with E-state index in [1.807, 2.05) is 53.1 Å². The maximum absolute atomic E-state index is 12.2. The number of anilines is 1. The number of hydrogen-bond acceptors (Lipinski definition) is 5. The van der Waals surface area contributed by atoms with E-state index in [1.54, 1.807) is 6.20 Å². The lowest BCUT2D eigenvalue weighted by Crippen LogP contribution is -2.29. The minimum atomic E-state index is -0.177. The minimum absolute atomic E-state index is 0.177. The van der Waals surface area contributed by atoms with E-state index in [9.17, 15) is 4.79 Å². The summed E-state index contributed by atoms with van der Waals surface area (Å²) >= 11 is 1.46. The van der Waals surface area contributed by atoms with Crippen molar-refractivity contribution in [1.29, 1.82) is 0 Å². The molecule has 3 heterocycles. The first-order valence-corrected chi connectivity index (χ1v) is 8.39. The number of aromatic nitrogens is 3. The lowest BCUT2D eigenvalue weighted by Gasteiger charge is -2.05. The van der Waals surface area contributed by atoms with Gasteiger partial charge in [-0.3, -0.25) is 4.79 Å². The topological polar surface area (TPSA) is 71.3 Å². The number of amides is 1. The number of hydrogen-bond donors (Lipinski definition) is 2. The van der Waals surface area contributed by atoms with Crippen molar-refractivity contribution in [3.63, 3.8) is 0 Å². The second-order valence-corrected chi connectivity index (χ2v) is 6.11. The molecular weight excluding hydrogens is 322 g/mol. The Hall–Kier alpha value is -2.93. The third kappa shape index (κ3) is 2.81. The molecule has 24 heavy (non-hydrogen) atoms. The first-order valence-electron chi connectivity index (χ1n) is 7.61. The van der Waals surface area contributed by atoms with Gasteiger partial charge in [0.2, 0.25) is 0 Å². The van der Waals surface area contributed by atoms with Gasteiger partial charge in [-0.2, -0.15) is 4.37 Å². The summed E-state index contributed by atoms with van der Waals surface area (Å²) in [5.74, 6) is 0.682. The number of fused-ring (bicyclic) bond motifs is 2. The lowest BCUT2D eigenvalue weighted by atomic mass is 10.2. The molecule has 0 bridgehead atoms. The number of rotatable bonds is 5. The summed E-state index contributed by atoms with van der Waals surface area (Å²) in [6.45, 7) is 1.10. The van der Waals surface area contributed by atoms with Crippen molar-refractivity contribution in [3.8, 4) is 0 Å². The summed E-state index contributed by atoms with van der Waals surface area (Å²) < 4.78 is 7.38. The zero-order valence-electron chi connectivity index (χ0n) is 12.8. The highest BCUT2D eigenvalue weighted by Gasteiger charge is 2.10. The van der Waals surface area contributed by atoms with Gasteiger partial charge in [0.25, 0.3) is 5.91 Å². The lowest BCUT2D eigenvalue weighted by molar-refractivity contribution is 0.0951. The van der Waals surface area contributed by atoms with Crippen LogP contribution in [0.1, 0.15) is 10.5 Å². The Morgan fingerprint density at radius 3 is 2.92 bits per heavy atom. The smallest absolute Gasteiger partial charge is 0.271 e. The highest BCUT2D eigenvalue weighted by Crippen LogP contribution is 2.25. The van der Waals surface area contributed by atoms with E-state index >= 15 is 0 Å². The van der Waals surface area contributed by atoms with Crippen molar-refractivity contribution in [2.45, 2.75) is 0 Å². The van der Waals surface area contributed by atoms with E-state index in [2.05, 4.69) is 20.0 Å². The van der Waals surface area contributed by atoms with E-state index in [4.69, 9.17) is 0 Å². The molecule has 3 aromatic heterocycles. The molecule has 4 aromatic rings. The van der Waals surface area contributed by atoms with Gasteiger partial charge < -0.3 is 15.0 Å². The molecular formula is C17H15N5OS. The summed E-state index contributed by atoms with van der Waals surface area (Å²) in [6.07, 6.45) is 3.60. The first-order chi connectivity index (χ1) is 11.8. The Bertz CT molecular complexity index is 973.